The molecule has 1 aromatic carbocycles. The number of benzene rings is 1. The smallest absolute Gasteiger partial charge is 0.305 e. The van der Waals surface area contributed by atoms with Crippen LogP contribution in [0.25, 0.3) is 17.4 Å². The predicted molar refractivity (Wildman–Crippen MR) is 108 cm³/mol. The van der Waals surface area contributed by atoms with Crippen LogP contribution in [0, 0.1) is 0 Å². The van der Waals surface area contributed by atoms with Gasteiger partial charge in [-0.05, 0) is 36.4 Å². The van der Waals surface area contributed by atoms with E-state index in [0.717, 1.165) is 11.8 Å². The topological polar surface area (TPSA) is 131 Å². The number of nitrogens with two attached hydrogens (primary N) is 1. The molecule has 2 heterocycles. The number of furan rings is 1. The molecule has 8 nitrogen and oxygen atoms in total. The average molecular weight is 439 g/mol. The average Bonchev–Trinajstić information content (AvgIpc) is 3.18. The first-order valence-corrected chi connectivity index (χ1v) is 10.6. The maximum atomic E-state index is 12.4. The van der Waals surface area contributed by atoms with Crippen LogP contribution >= 0.6 is 24.0 Å². The maximum absolute atomic E-state index is 12.4. The number of hydrogen-bond acceptors (Lipinski definition) is 7. The first-order valence-electron chi connectivity index (χ1n) is 7.85. The van der Waals surface area contributed by atoms with Crippen molar-refractivity contribution in [2.24, 2.45) is 5.14 Å². The fourth-order valence-corrected chi connectivity index (χ4v) is 4.23. The van der Waals surface area contributed by atoms with Gasteiger partial charge in [0.15, 0.2) is 0 Å². The Kier molecular flexibility index (Phi) is 5.70. The Morgan fingerprint density at radius 2 is 1.93 bits per heavy atom. The van der Waals surface area contributed by atoms with Gasteiger partial charge in [-0.25, -0.2) is 13.6 Å². The van der Waals surface area contributed by atoms with Crippen molar-refractivity contribution < 1.29 is 27.5 Å². The summed E-state index contributed by atoms with van der Waals surface area (Å²) < 4.78 is 28.6. The van der Waals surface area contributed by atoms with Gasteiger partial charge in [-0.3, -0.25) is 14.5 Å². The first kappa shape index (κ1) is 20.3. The van der Waals surface area contributed by atoms with Gasteiger partial charge in [-0.1, -0.05) is 24.0 Å². The molecule has 3 N–H and O–H groups in total. The van der Waals surface area contributed by atoms with E-state index in [-0.39, 0.29) is 23.8 Å². The van der Waals surface area contributed by atoms with Crippen LogP contribution in [0.3, 0.4) is 0 Å². The minimum atomic E-state index is -3.77. The number of carboxylic acids is 1. The monoisotopic (exact) mass is 438 g/mol. The van der Waals surface area contributed by atoms with Crippen LogP contribution < -0.4 is 5.14 Å². The number of sulfonamides is 1. The van der Waals surface area contributed by atoms with E-state index in [0.29, 0.717) is 26.3 Å². The van der Waals surface area contributed by atoms with Gasteiger partial charge in [0, 0.05) is 18.2 Å². The number of aliphatic carboxylic acids is 1. The Bertz CT molecular complexity index is 1090. The molecule has 11 heteroatoms. The summed E-state index contributed by atoms with van der Waals surface area (Å²) in [4.78, 5) is 24.7. The van der Waals surface area contributed by atoms with E-state index in [9.17, 15) is 18.0 Å². The molecule has 0 aliphatic carbocycles. The van der Waals surface area contributed by atoms with E-state index in [1.807, 2.05) is 0 Å². The van der Waals surface area contributed by atoms with Crippen molar-refractivity contribution in [3.05, 3.63) is 47.1 Å². The van der Waals surface area contributed by atoms with Crippen LogP contribution in [0.5, 0.6) is 0 Å². The lowest BCUT2D eigenvalue weighted by atomic mass is 10.2. The fourth-order valence-electron chi connectivity index (χ4n) is 2.42. The standard InChI is InChI=1S/C17H14N2O6S3/c18-28(23,24)12-4-1-10(2-5-12)13-6-3-11(25-13)9-14-16(22)19(17(26)27-14)8-7-15(20)21/h1-6,9H,7-8H2,(H,20,21)(H2,18,23,24)/b14-9-. The van der Waals surface area contributed by atoms with Crippen molar-refractivity contribution in [1.29, 1.82) is 0 Å². The minimum Gasteiger partial charge on any atom is -0.481 e. The van der Waals surface area contributed by atoms with E-state index >= 15 is 0 Å². The van der Waals surface area contributed by atoms with E-state index < -0.39 is 16.0 Å². The highest BCUT2D eigenvalue weighted by Gasteiger charge is 2.32. The summed E-state index contributed by atoms with van der Waals surface area (Å²) in [5, 5.41) is 13.8. The molecule has 1 fully saturated rings. The molecule has 0 atom stereocenters. The van der Waals surface area contributed by atoms with Crippen molar-refractivity contribution in [2.75, 3.05) is 6.54 Å². The number of nitrogens with zero attached hydrogens (tertiary/aromatic N) is 1. The number of carboxylic acid groups (broad SMARTS) is 1. The molecule has 0 unspecified atom stereocenters. The largest absolute Gasteiger partial charge is 0.481 e. The van der Waals surface area contributed by atoms with Gasteiger partial charge in [0.1, 0.15) is 15.8 Å². The number of thioether (sulfide) groups is 1. The maximum Gasteiger partial charge on any atom is 0.305 e. The molecule has 28 heavy (non-hydrogen) atoms. The van der Waals surface area contributed by atoms with E-state index in [2.05, 4.69) is 0 Å². The SMILES string of the molecule is NS(=O)(=O)c1ccc(-c2ccc(/C=C3\SC(=S)N(CCC(=O)O)C3=O)o2)cc1. The molecule has 3 rings (SSSR count). The Balaban J connectivity index is 1.78. The highest BCUT2D eigenvalue weighted by molar-refractivity contribution is 8.26. The first-order chi connectivity index (χ1) is 13.1. The zero-order valence-corrected chi connectivity index (χ0v) is 16.6. The molecule has 1 aromatic heterocycles. The summed E-state index contributed by atoms with van der Waals surface area (Å²) >= 11 is 6.20. The third-order valence-electron chi connectivity index (χ3n) is 3.79. The molecule has 146 valence electrons. The van der Waals surface area contributed by atoms with Crippen molar-refractivity contribution in [3.8, 4) is 11.3 Å². The molecule has 1 saturated heterocycles. The number of amides is 1. The highest BCUT2D eigenvalue weighted by atomic mass is 32.2. The number of carbonyl (C=O) groups is 2. The summed E-state index contributed by atoms with van der Waals surface area (Å²) in [5.41, 5.74) is 0.640. The van der Waals surface area contributed by atoms with Crippen molar-refractivity contribution >= 4 is 56.3 Å². The van der Waals surface area contributed by atoms with Gasteiger partial charge in [-0.2, -0.15) is 0 Å². The Morgan fingerprint density at radius 3 is 2.54 bits per heavy atom. The second kappa shape index (κ2) is 7.87. The van der Waals surface area contributed by atoms with Gasteiger partial charge in [0.25, 0.3) is 5.91 Å². The molecule has 0 radical (unpaired) electrons. The second-order valence-corrected chi connectivity index (χ2v) is 8.99. The number of primary sulfonamides is 1. The molecular formula is C17H14N2O6S3. The summed E-state index contributed by atoms with van der Waals surface area (Å²) in [5.74, 6) is -0.494. The van der Waals surface area contributed by atoms with Crippen molar-refractivity contribution in [2.45, 2.75) is 11.3 Å². The number of hydrogen-bond donors (Lipinski definition) is 2. The highest BCUT2D eigenvalue weighted by Crippen LogP contribution is 2.33. The summed E-state index contributed by atoms with van der Waals surface area (Å²) in [7, 11) is -3.77. The van der Waals surface area contributed by atoms with E-state index in [1.165, 1.54) is 23.1 Å². The summed E-state index contributed by atoms with van der Waals surface area (Å²) in [6.07, 6.45) is 1.33. The number of thiocarbonyl (C=S) groups is 1. The molecule has 0 saturated carbocycles. The zero-order valence-electron chi connectivity index (χ0n) is 14.2. The molecule has 0 bridgehead atoms. The Labute approximate surface area is 170 Å². The van der Waals surface area contributed by atoms with E-state index in [4.69, 9.17) is 26.9 Å². The lowest BCUT2D eigenvalue weighted by molar-refractivity contribution is -0.137. The number of carbonyl (C=O) groups excluding carboxylic acids is 1. The van der Waals surface area contributed by atoms with Crippen LogP contribution in [-0.4, -0.2) is 41.2 Å². The van der Waals surface area contributed by atoms with E-state index in [1.54, 1.807) is 24.3 Å². The van der Waals surface area contributed by atoms with Gasteiger partial charge in [-0.15, -0.1) is 0 Å². The van der Waals surface area contributed by atoms with Crippen LogP contribution in [0.2, 0.25) is 0 Å². The molecule has 0 spiro atoms. The zero-order chi connectivity index (χ0) is 20.5. The van der Waals surface area contributed by atoms with Crippen molar-refractivity contribution in [1.82, 2.24) is 4.90 Å². The second-order valence-electron chi connectivity index (χ2n) is 5.75. The predicted octanol–water partition coefficient (Wildman–Crippen LogP) is 2.27. The normalized spacial score (nSPS) is 16.2. The molecule has 1 amide bonds. The lowest BCUT2D eigenvalue weighted by Gasteiger charge is -2.12. The molecule has 1 aliphatic heterocycles. The van der Waals surface area contributed by atoms with Crippen LogP contribution in [0.15, 0.2) is 50.6 Å². The van der Waals surface area contributed by atoms with Crippen LogP contribution in [-0.2, 0) is 19.6 Å². The van der Waals surface area contributed by atoms with Gasteiger partial charge < -0.3 is 9.52 Å². The summed E-state index contributed by atoms with van der Waals surface area (Å²) in [6, 6.07) is 9.22. The quantitative estimate of drug-likeness (QED) is 0.519. The summed E-state index contributed by atoms with van der Waals surface area (Å²) in [6.45, 7) is 0.0111. The van der Waals surface area contributed by atoms with Gasteiger partial charge >= 0.3 is 5.97 Å². The molecular weight excluding hydrogens is 424 g/mol. The fraction of sp³-hybridized carbons (Fsp3) is 0.118. The third kappa shape index (κ3) is 4.50. The van der Waals surface area contributed by atoms with Crippen molar-refractivity contribution in [3.63, 3.8) is 0 Å². The lowest BCUT2D eigenvalue weighted by Crippen LogP contribution is -2.30. The van der Waals surface area contributed by atoms with Crippen LogP contribution in [0.1, 0.15) is 12.2 Å². The minimum absolute atomic E-state index is 0.00642. The Morgan fingerprint density at radius 1 is 1.25 bits per heavy atom. The van der Waals surface area contributed by atoms with Crippen LogP contribution in [0.4, 0.5) is 0 Å². The van der Waals surface area contributed by atoms with Gasteiger partial charge in [0.2, 0.25) is 10.0 Å². The third-order valence-corrected chi connectivity index (χ3v) is 6.10. The Hall–Kier alpha value is -2.47. The molecule has 2 aromatic rings. The number of rotatable bonds is 6. The van der Waals surface area contributed by atoms with Gasteiger partial charge in [0.05, 0.1) is 16.2 Å². The molecule has 1 aliphatic rings.